The molecule has 0 aromatic carbocycles. The van der Waals surface area contributed by atoms with Gasteiger partial charge in [-0.15, -0.1) is 0 Å². The molecule has 2 unspecified atom stereocenters. The zero-order valence-corrected chi connectivity index (χ0v) is 14.5. The number of oxime groups is 1. The van der Waals surface area contributed by atoms with Crippen molar-refractivity contribution in [2.75, 3.05) is 12.4 Å². The van der Waals surface area contributed by atoms with E-state index < -0.39 is 0 Å². The normalized spacial score (nSPS) is 26.6. The SMILES string of the molecule is CCCC(=NOCC)C1=C(O)CC(CC2CCCS2)CC1=O. The van der Waals surface area contributed by atoms with Crippen LogP contribution in [0.2, 0.25) is 0 Å². The Morgan fingerprint density at radius 1 is 1.41 bits per heavy atom. The van der Waals surface area contributed by atoms with Crippen molar-refractivity contribution in [3.8, 4) is 0 Å². The molecule has 0 radical (unpaired) electrons. The van der Waals surface area contributed by atoms with Crippen molar-refractivity contribution in [3.05, 3.63) is 11.3 Å². The van der Waals surface area contributed by atoms with Crippen molar-refractivity contribution in [2.45, 2.75) is 64.0 Å². The summed E-state index contributed by atoms with van der Waals surface area (Å²) in [7, 11) is 0. The smallest absolute Gasteiger partial charge is 0.168 e. The average molecular weight is 325 g/mol. The number of thioether (sulfide) groups is 1. The van der Waals surface area contributed by atoms with Crippen LogP contribution in [0.1, 0.15) is 58.8 Å². The van der Waals surface area contributed by atoms with Gasteiger partial charge < -0.3 is 9.94 Å². The quantitative estimate of drug-likeness (QED) is 0.561. The number of aliphatic hydroxyl groups excluding tert-OH is 1. The summed E-state index contributed by atoms with van der Waals surface area (Å²) in [6, 6.07) is 0. The molecule has 0 aromatic rings. The van der Waals surface area contributed by atoms with E-state index in [1.54, 1.807) is 0 Å². The molecular formula is C17H27NO3S. The van der Waals surface area contributed by atoms with E-state index in [2.05, 4.69) is 5.16 Å². The van der Waals surface area contributed by atoms with Gasteiger partial charge in [0.25, 0.3) is 0 Å². The van der Waals surface area contributed by atoms with Crippen LogP contribution in [0.3, 0.4) is 0 Å². The minimum Gasteiger partial charge on any atom is -0.511 e. The summed E-state index contributed by atoms with van der Waals surface area (Å²) in [4.78, 5) is 17.6. The van der Waals surface area contributed by atoms with Crippen molar-refractivity contribution >= 4 is 23.3 Å². The molecule has 0 spiro atoms. The Balaban J connectivity index is 2.08. The minimum atomic E-state index is 0.0312. The van der Waals surface area contributed by atoms with Gasteiger partial charge in [0.1, 0.15) is 12.4 Å². The molecule has 1 fully saturated rings. The number of Topliss-reactive ketones (excluding diaryl/α,β-unsaturated/α-hetero) is 1. The van der Waals surface area contributed by atoms with Gasteiger partial charge in [-0.2, -0.15) is 11.8 Å². The van der Waals surface area contributed by atoms with Crippen LogP contribution in [0.5, 0.6) is 0 Å². The first-order chi connectivity index (χ1) is 10.7. The van der Waals surface area contributed by atoms with Crippen molar-refractivity contribution in [2.24, 2.45) is 11.1 Å². The Morgan fingerprint density at radius 3 is 2.82 bits per heavy atom. The van der Waals surface area contributed by atoms with Crippen molar-refractivity contribution < 1.29 is 14.7 Å². The maximum Gasteiger partial charge on any atom is 0.168 e. The van der Waals surface area contributed by atoms with Gasteiger partial charge >= 0.3 is 0 Å². The fraction of sp³-hybridized carbons (Fsp3) is 0.765. The molecule has 0 bridgehead atoms. The third-order valence-electron chi connectivity index (χ3n) is 4.22. The lowest BCUT2D eigenvalue weighted by Crippen LogP contribution is -2.26. The van der Waals surface area contributed by atoms with Crippen LogP contribution in [0.15, 0.2) is 16.5 Å². The second-order valence-electron chi connectivity index (χ2n) is 6.10. The number of hydrogen-bond acceptors (Lipinski definition) is 5. The molecule has 1 heterocycles. The molecule has 2 rings (SSSR count). The first-order valence-corrected chi connectivity index (χ1v) is 9.46. The van der Waals surface area contributed by atoms with Gasteiger partial charge in [-0.1, -0.05) is 18.5 Å². The van der Waals surface area contributed by atoms with Crippen LogP contribution in [-0.2, 0) is 9.63 Å². The topological polar surface area (TPSA) is 58.9 Å². The van der Waals surface area contributed by atoms with E-state index in [1.165, 1.54) is 18.6 Å². The maximum absolute atomic E-state index is 12.5. The van der Waals surface area contributed by atoms with E-state index in [1.807, 2.05) is 25.6 Å². The van der Waals surface area contributed by atoms with E-state index in [-0.39, 0.29) is 17.5 Å². The highest BCUT2D eigenvalue weighted by atomic mass is 32.2. The Labute approximate surface area is 137 Å². The summed E-state index contributed by atoms with van der Waals surface area (Å²) in [5.41, 5.74) is 1.03. The van der Waals surface area contributed by atoms with E-state index in [4.69, 9.17) is 4.84 Å². The molecule has 1 N–H and O–H groups in total. The standard InChI is InChI=1S/C17H27NO3S/c1-3-6-14(18-21-4-2)17-15(19)10-12(11-16(17)20)9-13-7-5-8-22-13/h12-13,19H,3-11H2,1-2H3. The van der Waals surface area contributed by atoms with Crippen molar-refractivity contribution in [1.29, 1.82) is 0 Å². The van der Waals surface area contributed by atoms with Crippen LogP contribution in [0.25, 0.3) is 0 Å². The van der Waals surface area contributed by atoms with E-state index >= 15 is 0 Å². The summed E-state index contributed by atoms with van der Waals surface area (Å²) in [6.45, 7) is 4.36. The molecule has 1 aliphatic carbocycles. The molecule has 0 saturated carbocycles. The molecule has 22 heavy (non-hydrogen) atoms. The van der Waals surface area contributed by atoms with Crippen LogP contribution < -0.4 is 0 Å². The number of carbonyl (C=O) groups excluding carboxylic acids is 1. The first-order valence-electron chi connectivity index (χ1n) is 8.41. The number of rotatable bonds is 7. The fourth-order valence-corrected chi connectivity index (χ4v) is 4.67. The first kappa shape index (κ1) is 17.4. The number of carbonyl (C=O) groups is 1. The van der Waals surface area contributed by atoms with Crippen LogP contribution in [-0.4, -0.2) is 34.2 Å². The second-order valence-corrected chi connectivity index (χ2v) is 7.50. The number of hydrogen-bond donors (Lipinski definition) is 1. The monoisotopic (exact) mass is 325 g/mol. The third kappa shape index (κ3) is 4.51. The fourth-order valence-electron chi connectivity index (χ4n) is 3.26. The van der Waals surface area contributed by atoms with E-state index in [0.29, 0.717) is 42.4 Å². The van der Waals surface area contributed by atoms with Crippen LogP contribution >= 0.6 is 11.8 Å². The average Bonchev–Trinajstić information content (AvgIpc) is 2.96. The molecule has 0 amide bonds. The molecule has 5 heteroatoms. The third-order valence-corrected chi connectivity index (χ3v) is 5.65. The zero-order chi connectivity index (χ0) is 15.9. The Hall–Kier alpha value is -0.970. The predicted octanol–water partition coefficient (Wildman–Crippen LogP) is 4.26. The molecule has 1 saturated heterocycles. The summed E-state index contributed by atoms with van der Waals surface area (Å²) in [5, 5.41) is 15.1. The van der Waals surface area contributed by atoms with Crippen LogP contribution in [0.4, 0.5) is 0 Å². The molecule has 124 valence electrons. The highest BCUT2D eigenvalue weighted by molar-refractivity contribution is 8.00. The summed E-state index contributed by atoms with van der Waals surface area (Å²) >= 11 is 2.01. The van der Waals surface area contributed by atoms with Gasteiger partial charge in [0, 0.05) is 18.1 Å². The summed E-state index contributed by atoms with van der Waals surface area (Å²) in [5.74, 6) is 1.77. The lowest BCUT2D eigenvalue weighted by molar-refractivity contribution is -0.116. The van der Waals surface area contributed by atoms with Crippen LogP contribution in [0, 0.1) is 5.92 Å². The number of nitrogens with zero attached hydrogens (tertiary/aromatic N) is 1. The van der Waals surface area contributed by atoms with Gasteiger partial charge in [0.05, 0.1) is 11.3 Å². The minimum absolute atomic E-state index is 0.0312. The molecule has 4 nitrogen and oxygen atoms in total. The molecule has 0 aromatic heterocycles. The van der Waals surface area contributed by atoms with Gasteiger partial charge in [0.15, 0.2) is 5.78 Å². The molecule has 2 aliphatic rings. The van der Waals surface area contributed by atoms with Gasteiger partial charge in [-0.05, 0) is 44.3 Å². The van der Waals surface area contributed by atoms with E-state index in [9.17, 15) is 9.90 Å². The summed E-state index contributed by atoms with van der Waals surface area (Å²) in [6.07, 6.45) is 6.24. The lowest BCUT2D eigenvalue weighted by Gasteiger charge is -2.25. The van der Waals surface area contributed by atoms with Gasteiger partial charge in [-0.25, -0.2) is 0 Å². The van der Waals surface area contributed by atoms with Crippen molar-refractivity contribution in [1.82, 2.24) is 0 Å². The van der Waals surface area contributed by atoms with Gasteiger partial charge in [0.2, 0.25) is 0 Å². The molecular weight excluding hydrogens is 298 g/mol. The Kier molecular flexibility index (Phi) is 6.80. The summed E-state index contributed by atoms with van der Waals surface area (Å²) < 4.78 is 0. The number of allylic oxidation sites excluding steroid dienone is 2. The maximum atomic E-state index is 12.5. The largest absolute Gasteiger partial charge is 0.511 e. The molecule has 1 aliphatic heterocycles. The highest BCUT2D eigenvalue weighted by Gasteiger charge is 2.32. The zero-order valence-electron chi connectivity index (χ0n) is 13.6. The highest BCUT2D eigenvalue weighted by Crippen LogP contribution is 2.37. The Bertz CT molecular complexity index is 453. The molecule has 2 atom stereocenters. The predicted molar refractivity (Wildman–Crippen MR) is 91.5 cm³/mol. The number of aliphatic hydroxyl groups is 1. The van der Waals surface area contributed by atoms with E-state index in [0.717, 1.165) is 12.8 Å². The second kappa shape index (κ2) is 8.61. The lowest BCUT2D eigenvalue weighted by atomic mass is 9.82. The number of ketones is 1. The van der Waals surface area contributed by atoms with Crippen molar-refractivity contribution in [3.63, 3.8) is 0 Å². The van der Waals surface area contributed by atoms with Gasteiger partial charge in [-0.3, -0.25) is 4.79 Å². The Morgan fingerprint density at radius 2 is 2.23 bits per heavy atom.